The molecule has 12 heteroatoms. The maximum absolute atomic E-state index is 12.4. The summed E-state index contributed by atoms with van der Waals surface area (Å²) in [6, 6.07) is 10.2. The number of ether oxygens (including phenoxy) is 1. The summed E-state index contributed by atoms with van der Waals surface area (Å²) in [6.07, 6.45) is 1.30. The molecule has 0 saturated carbocycles. The maximum Gasteiger partial charge on any atom is 0.271 e. The molecule has 31 heavy (non-hydrogen) atoms. The average Bonchev–Trinajstić information content (AvgIpc) is 3.15. The number of nitrogen functional groups attached to an aromatic ring is 1. The molecule has 2 heterocycles. The summed E-state index contributed by atoms with van der Waals surface area (Å²) in [5, 5.41) is 4.32. The van der Waals surface area contributed by atoms with Gasteiger partial charge in [-0.15, -0.1) is 0 Å². The third-order valence-electron chi connectivity index (χ3n) is 4.18. The van der Waals surface area contributed by atoms with Gasteiger partial charge in [-0.1, -0.05) is 34.5 Å². The van der Waals surface area contributed by atoms with Gasteiger partial charge in [-0.3, -0.25) is 15.6 Å². The number of hydrazine groups is 1. The molecule has 4 aromatic rings. The molecule has 9 nitrogen and oxygen atoms in total. The van der Waals surface area contributed by atoms with Gasteiger partial charge in [0.1, 0.15) is 17.8 Å². The van der Waals surface area contributed by atoms with Gasteiger partial charge in [0.2, 0.25) is 0 Å². The van der Waals surface area contributed by atoms with Crippen LogP contribution in [0.25, 0.3) is 10.2 Å². The van der Waals surface area contributed by atoms with Crippen LogP contribution in [-0.4, -0.2) is 28.0 Å². The van der Waals surface area contributed by atoms with E-state index < -0.39 is 5.91 Å². The first-order chi connectivity index (χ1) is 14.9. The number of fused-ring (bicyclic) bond motifs is 1. The Morgan fingerprint density at radius 3 is 2.71 bits per heavy atom. The van der Waals surface area contributed by atoms with Gasteiger partial charge < -0.3 is 15.8 Å². The van der Waals surface area contributed by atoms with Crippen LogP contribution < -0.4 is 26.6 Å². The van der Waals surface area contributed by atoms with Crippen LogP contribution in [0.15, 0.2) is 42.7 Å². The number of nitrogens with one attached hydrogen (secondary N) is 3. The highest BCUT2D eigenvalue weighted by Crippen LogP contribution is 2.32. The van der Waals surface area contributed by atoms with Gasteiger partial charge in [0.25, 0.3) is 5.91 Å². The van der Waals surface area contributed by atoms with Gasteiger partial charge in [-0.25, -0.2) is 15.0 Å². The third-order valence-corrected chi connectivity index (χ3v) is 5.66. The molecular formula is C19H15Cl2N7O2S. The van der Waals surface area contributed by atoms with E-state index in [0.717, 1.165) is 16.0 Å². The van der Waals surface area contributed by atoms with E-state index in [0.29, 0.717) is 16.0 Å². The van der Waals surface area contributed by atoms with E-state index in [2.05, 4.69) is 31.1 Å². The van der Waals surface area contributed by atoms with Gasteiger partial charge >= 0.3 is 0 Å². The van der Waals surface area contributed by atoms with Crippen LogP contribution in [0.4, 0.5) is 22.5 Å². The molecular weight excluding hydrogens is 461 g/mol. The van der Waals surface area contributed by atoms with Crippen LogP contribution in [0.1, 0.15) is 10.4 Å². The Balaban J connectivity index is 1.49. The van der Waals surface area contributed by atoms with Gasteiger partial charge in [0.15, 0.2) is 16.8 Å². The zero-order valence-electron chi connectivity index (χ0n) is 15.9. The van der Waals surface area contributed by atoms with Gasteiger partial charge in [-0.05, 0) is 36.4 Å². The first kappa shape index (κ1) is 20.9. The van der Waals surface area contributed by atoms with Crippen LogP contribution in [0, 0.1) is 0 Å². The molecule has 0 fully saturated rings. The quantitative estimate of drug-likeness (QED) is 0.300. The van der Waals surface area contributed by atoms with E-state index in [-0.39, 0.29) is 22.1 Å². The molecule has 0 radical (unpaired) electrons. The SMILES string of the molecule is COc1ccc2nc(Nc3ncnc(NNC(=O)c4ccc(Cl)cc4Cl)c3N)sc2c1. The number of methoxy groups -OCH3 is 1. The lowest BCUT2D eigenvalue weighted by Gasteiger charge is -2.12. The summed E-state index contributed by atoms with van der Waals surface area (Å²) in [4.78, 5) is 25.1. The van der Waals surface area contributed by atoms with Crippen molar-refractivity contribution in [1.29, 1.82) is 0 Å². The minimum atomic E-state index is -0.477. The number of carbonyl (C=O) groups is 1. The van der Waals surface area contributed by atoms with Gasteiger partial charge in [-0.2, -0.15) is 0 Å². The zero-order valence-corrected chi connectivity index (χ0v) is 18.3. The molecule has 1 amide bonds. The number of nitrogens with two attached hydrogens (primary N) is 1. The van der Waals surface area contributed by atoms with Crippen LogP contribution >= 0.6 is 34.5 Å². The molecule has 2 aromatic heterocycles. The number of aromatic nitrogens is 3. The number of thiazole rings is 1. The van der Waals surface area contributed by atoms with Gasteiger partial charge in [0, 0.05) is 5.02 Å². The smallest absolute Gasteiger partial charge is 0.271 e. The second kappa shape index (κ2) is 8.80. The summed E-state index contributed by atoms with van der Waals surface area (Å²) >= 11 is 13.3. The Hall–Kier alpha value is -3.34. The highest BCUT2D eigenvalue weighted by molar-refractivity contribution is 7.22. The van der Waals surface area contributed by atoms with Crippen LogP contribution in [0.3, 0.4) is 0 Å². The first-order valence-corrected chi connectivity index (χ1v) is 10.4. The molecule has 0 bridgehead atoms. The molecule has 0 aliphatic carbocycles. The van der Waals surface area contributed by atoms with Crippen molar-refractivity contribution in [3.05, 3.63) is 58.3 Å². The minimum absolute atomic E-state index is 0.196. The minimum Gasteiger partial charge on any atom is -0.497 e. The highest BCUT2D eigenvalue weighted by Gasteiger charge is 2.14. The second-order valence-corrected chi connectivity index (χ2v) is 8.04. The summed E-state index contributed by atoms with van der Waals surface area (Å²) in [6.45, 7) is 0. The van der Waals surface area contributed by atoms with Crippen molar-refractivity contribution in [1.82, 2.24) is 20.4 Å². The molecule has 158 valence electrons. The average molecular weight is 476 g/mol. The summed E-state index contributed by atoms with van der Waals surface area (Å²) in [7, 11) is 1.61. The fraction of sp³-hybridized carbons (Fsp3) is 0.0526. The normalized spacial score (nSPS) is 10.7. The molecule has 0 unspecified atom stereocenters. The lowest BCUT2D eigenvalue weighted by molar-refractivity contribution is 0.0962. The van der Waals surface area contributed by atoms with Crippen LogP contribution in [0.5, 0.6) is 5.75 Å². The van der Waals surface area contributed by atoms with Crippen LogP contribution in [-0.2, 0) is 0 Å². The summed E-state index contributed by atoms with van der Waals surface area (Å²) < 4.78 is 6.18. The molecule has 2 aromatic carbocycles. The lowest BCUT2D eigenvalue weighted by Crippen LogP contribution is -2.30. The van der Waals surface area contributed by atoms with Crippen molar-refractivity contribution < 1.29 is 9.53 Å². The van der Waals surface area contributed by atoms with Crippen molar-refractivity contribution >= 4 is 73.1 Å². The number of anilines is 4. The number of amides is 1. The Labute approximate surface area is 190 Å². The monoisotopic (exact) mass is 475 g/mol. The number of hydrogen-bond acceptors (Lipinski definition) is 9. The third kappa shape index (κ3) is 4.55. The number of benzene rings is 2. The van der Waals surface area contributed by atoms with E-state index >= 15 is 0 Å². The first-order valence-electron chi connectivity index (χ1n) is 8.78. The molecule has 0 aliphatic rings. The molecule has 0 aliphatic heterocycles. The Morgan fingerprint density at radius 1 is 1.13 bits per heavy atom. The van der Waals surface area contributed by atoms with Crippen molar-refractivity contribution in [3.63, 3.8) is 0 Å². The van der Waals surface area contributed by atoms with E-state index in [1.54, 1.807) is 13.2 Å². The van der Waals surface area contributed by atoms with E-state index in [9.17, 15) is 4.79 Å². The molecule has 0 atom stereocenters. The largest absolute Gasteiger partial charge is 0.497 e. The van der Waals surface area contributed by atoms with Crippen molar-refractivity contribution in [2.75, 3.05) is 23.6 Å². The zero-order chi connectivity index (χ0) is 22.0. The fourth-order valence-electron chi connectivity index (χ4n) is 2.64. The van der Waals surface area contributed by atoms with Crippen molar-refractivity contribution in [2.24, 2.45) is 0 Å². The summed E-state index contributed by atoms with van der Waals surface area (Å²) in [5.74, 6) is 0.808. The number of halogens is 2. The van der Waals surface area contributed by atoms with Crippen molar-refractivity contribution in [3.8, 4) is 5.75 Å². The molecule has 0 spiro atoms. The van der Waals surface area contributed by atoms with Crippen molar-refractivity contribution in [2.45, 2.75) is 0 Å². The topological polar surface area (TPSA) is 127 Å². The summed E-state index contributed by atoms with van der Waals surface area (Å²) in [5.41, 5.74) is 12.6. The van der Waals surface area contributed by atoms with E-state index in [1.165, 1.54) is 29.8 Å². The van der Waals surface area contributed by atoms with E-state index in [1.807, 2.05) is 18.2 Å². The number of rotatable bonds is 6. The molecule has 5 N–H and O–H groups in total. The number of hydrogen-bond donors (Lipinski definition) is 4. The Kier molecular flexibility index (Phi) is 5.94. The highest BCUT2D eigenvalue weighted by atomic mass is 35.5. The number of nitrogens with zero attached hydrogens (tertiary/aromatic N) is 3. The predicted octanol–water partition coefficient (Wildman–Crippen LogP) is 4.48. The Bertz CT molecular complexity index is 1280. The fourth-order valence-corrected chi connectivity index (χ4v) is 4.03. The Morgan fingerprint density at radius 2 is 1.94 bits per heavy atom. The molecule has 0 saturated heterocycles. The lowest BCUT2D eigenvalue weighted by atomic mass is 10.2. The number of carbonyl (C=O) groups excluding carboxylic acids is 1. The second-order valence-electron chi connectivity index (χ2n) is 6.17. The van der Waals surface area contributed by atoms with E-state index in [4.69, 9.17) is 33.7 Å². The molecule has 4 rings (SSSR count). The maximum atomic E-state index is 12.4. The predicted molar refractivity (Wildman–Crippen MR) is 123 cm³/mol. The standard InChI is InChI=1S/C19H15Cl2N7O2S/c1-30-10-3-5-13-14(7-10)31-19(25-13)26-16-15(22)17(24-8-23-16)27-28-18(29)11-4-2-9(20)6-12(11)21/h2-8H,22H2,1H3,(H,28,29)(H2,23,24,25,26,27). The van der Waals surface area contributed by atoms with Gasteiger partial charge in [0.05, 0.1) is 27.9 Å². The van der Waals surface area contributed by atoms with Crippen LogP contribution in [0.2, 0.25) is 10.0 Å².